The lowest BCUT2D eigenvalue weighted by atomic mass is 10.1. The maximum absolute atomic E-state index is 12.5. The van der Waals surface area contributed by atoms with Gasteiger partial charge in [0.2, 0.25) is 5.83 Å². The van der Waals surface area contributed by atoms with Crippen LogP contribution in [0.15, 0.2) is 11.7 Å². The quantitative estimate of drug-likeness (QED) is 0.662. The Kier molecular flexibility index (Phi) is 3.88. The predicted molar refractivity (Wildman–Crippen MR) is 31.2 cm³/mol. The average molecular weight is 264 g/mol. The highest BCUT2D eigenvalue weighted by Gasteiger charge is 2.63. The normalized spacial score (nSPS) is 19.1. The molecule has 0 aliphatic carbocycles. The molecule has 0 bridgehead atoms. The van der Waals surface area contributed by atoms with Gasteiger partial charge in [0.25, 0.3) is 5.67 Å². The van der Waals surface area contributed by atoms with Gasteiger partial charge in [0.05, 0.1) is 0 Å². The molecule has 16 heavy (non-hydrogen) atoms. The number of hydrogen-bond donors (Lipinski definition) is 0. The van der Waals surface area contributed by atoms with Crippen LogP contribution < -0.4 is 0 Å². The van der Waals surface area contributed by atoms with Crippen LogP contribution >= 0.6 is 0 Å². The van der Waals surface area contributed by atoms with E-state index in [1.165, 1.54) is 0 Å². The van der Waals surface area contributed by atoms with Gasteiger partial charge in [-0.3, -0.25) is 0 Å². The van der Waals surface area contributed by atoms with Crippen molar-refractivity contribution in [2.75, 3.05) is 6.67 Å². The van der Waals surface area contributed by atoms with Gasteiger partial charge >= 0.3 is 12.4 Å². The second kappa shape index (κ2) is 4.13. The van der Waals surface area contributed by atoms with Gasteiger partial charge in [-0.15, -0.1) is 0 Å². The molecule has 1 unspecified atom stereocenters. The highest BCUT2D eigenvalue weighted by Crippen LogP contribution is 2.44. The van der Waals surface area contributed by atoms with Crippen LogP contribution in [0.5, 0.6) is 0 Å². The monoisotopic (exact) mass is 264 g/mol. The van der Waals surface area contributed by atoms with Crippen molar-refractivity contribution in [1.29, 1.82) is 0 Å². The van der Waals surface area contributed by atoms with E-state index in [9.17, 15) is 43.9 Å². The van der Waals surface area contributed by atoms with Gasteiger partial charge < -0.3 is 0 Å². The molecule has 0 aromatic heterocycles. The van der Waals surface area contributed by atoms with E-state index in [2.05, 4.69) is 0 Å². The van der Waals surface area contributed by atoms with Crippen LogP contribution in [0.1, 0.15) is 0 Å². The summed E-state index contributed by atoms with van der Waals surface area (Å²) < 4.78 is 118. The van der Waals surface area contributed by atoms with E-state index in [0.29, 0.717) is 0 Å². The summed E-state index contributed by atoms with van der Waals surface area (Å²) in [5.74, 6) is -7.83. The van der Waals surface area contributed by atoms with E-state index in [-0.39, 0.29) is 0 Å². The third kappa shape index (κ3) is 2.59. The van der Waals surface area contributed by atoms with E-state index in [1.807, 2.05) is 0 Å². The molecular formula is C6H2F10. The molecule has 0 aromatic rings. The first-order valence-corrected chi connectivity index (χ1v) is 3.32. The minimum absolute atomic E-state index is 3.20. The van der Waals surface area contributed by atoms with E-state index in [4.69, 9.17) is 0 Å². The molecule has 0 saturated heterocycles. The van der Waals surface area contributed by atoms with Crippen LogP contribution in [0.2, 0.25) is 0 Å². The largest absolute Gasteiger partial charge is 0.445 e. The fourth-order valence-electron chi connectivity index (χ4n) is 0.557. The van der Waals surface area contributed by atoms with Crippen LogP contribution in [0.3, 0.4) is 0 Å². The Bertz CT molecular complexity index is 283. The van der Waals surface area contributed by atoms with Crippen molar-refractivity contribution in [3.8, 4) is 0 Å². The molecule has 0 spiro atoms. The summed E-state index contributed by atoms with van der Waals surface area (Å²) in [5, 5.41) is 0. The summed E-state index contributed by atoms with van der Waals surface area (Å²) in [7, 11) is 0. The lowest BCUT2D eigenvalue weighted by molar-refractivity contribution is -0.228. The summed E-state index contributed by atoms with van der Waals surface area (Å²) in [6.07, 6.45) is -12.5. The smallest absolute Gasteiger partial charge is 0.247 e. The van der Waals surface area contributed by atoms with Gasteiger partial charge in [0.1, 0.15) is 6.67 Å². The Morgan fingerprint density at radius 1 is 0.750 bits per heavy atom. The molecule has 0 nitrogen and oxygen atoms in total. The average Bonchev–Trinajstić information content (AvgIpc) is 2.10. The standard InChI is InChI=1S/C6H2F10/c7-1-4(10,6(14,15)16)2(8)3(9)5(11,12)13/h1H2. The Morgan fingerprint density at radius 2 is 1.12 bits per heavy atom. The van der Waals surface area contributed by atoms with Crippen molar-refractivity contribution in [3.63, 3.8) is 0 Å². The van der Waals surface area contributed by atoms with Gasteiger partial charge in [-0.05, 0) is 0 Å². The molecule has 0 aliphatic rings. The summed E-state index contributed by atoms with van der Waals surface area (Å²) in [5.41, 5.74) is -5.63. The SMILES string of the molecule is FCC(F)(C(F)=C(F)C(F)(F)F)C(F)(F)F. The van der Waals surface area contributed by atoms with Crippen LogP contribution in [0, 0.1) is 0 Å². The molecule has 0 amide bonds. The summed E-state index contributed by atoms with van der Waals surface area (Å²) >= 11 is 0. The summed E-state index contributed by atoms with van der Waals surface area (Å²) in [6, 6.07) is 0. The first kappa shape index (κ1) is 15.0. The molecule has 0 N–H and O–H groups in total. The third-order valence-electron chi connectivity index (χ3n) is 1.42. The number of hydrogen-bond acceptors (Lipinski definition) is 0. The summed E-state index contributed by atoms with van der Waals surface area (Å²) in [6.45, 7) is -3.20. The maximum atomic E-state index is 12.5. The van der Waals surface area contributed by atoms with Crippen molar-refractivity contribution < 1.29 is 43.9 Å². The lowest BCUT2D eigenvalue weighted by Gasteiger charge is -2.23. The zero-order valence-electron chi connectivity index (χ0n) is 6.99. The maximum Gasteiger partial charge on any atom is 0.445 e. The number of allylic oxidation sites excluding steroid dienone is 2. The van der Waals surface area contributed by atoms with Crippen molar-refractivity contribution in [1.82, 2.24) is 0 Å². The van der Waals surface area contributed by atoms with Gasteiger partial charge in [-0.1, -0.05) is 0 Å². The fourth-order valence-corrected chi connectivity index (χ4v) is 0.557. The minimum atomic E-state index is -6.34. The molecule has 0 aromatic carbocycles. The van der Waals surface area contributed by atoms with Crippen LogP contribution in [-0.2, 0) is 0 Å². The van der Waals surface area contributed by atoms with Gasteiger partial charge in [0.15, 0.2) is 5.83 Å². The predicted octanol–water partition coefficient (Wildman–Crippen LogP) is 3.94. The molecule has 0 rings (SSSR count). The van der Waals surface area contributed by atoms with Crippen molar-refractivity contribution in [2.45, 2.75) is 18.0 Å². The number of rotatable bonds is 2. The Balaban J connectivity index is 5.63. The molecule has 0 saturated carbocycles. The van der Waals surface area contributed by atoms with Crippen molar-refractivity contribution >= 4 is 0 Å². The molecule has 96 valence electrons. The third-order valence-corrected chi connectivity index (χ3v) is 1.42. The molecule has 1 atom stereocenters. The van der Waals surface area contributed by atoms with Gasteiger partial charge in [0, 0.05) is 0 Å². The zero-order valence-corrected chi connectivity index (χ0v) is 6.99. The van der Waals surface area contributed by atoms with Gasteiger partial charge in [-0.2, -0.15) is 30.7 Å². The second-order valence-electron chi connectivity index (χ2n) is 2.56. The topological polar surface area (TPSA) is 0 Å². The first-order chi connectivity index (χ1) is 6.88. The second-order valence-corrected chi connectivity index (χ2v) is 2.56. The van der Waals surface area contributed by atoms with Crippen molar-refractivity contribution in [2.24, 2.45) is 0 Å². The highest BCUT2D eigenvalue weighted by atomic mass is 19.4. The first-order valence-electron chi connectivity index (χ1n) is 3.32. The Labute approximate surface area is 81.5 Å². The van der Waals surface area contributed by atoms with Crippen LogP contribution in [-0.4, -0.2) is 24.7 Å². The van der Waals surface area contributed by atoms with Crippen LogP contribution in [0.25, 0.3) is 0 Å². The van der Waals surface area contributed by atoms with E-state index >= 15 is 0 Å². The Hall–Kier alpha value is -0.960. The summed E-state index contributed by atoms with van der Waals surface area (Å²) in [4.78, 5) is 0. The molecule has 0 fully saturated rings. The lowest BCUT2D eigenvalue weighted by Crippen LogP contribution is -2.44. The van der Waals surface area contributed by atoms with Crippen molar-refractivity contribution in [3.05, 3.63) is 11.7 Å². The molecule has 10 heteroatoms. The van der Waals surface area contributed by atoms with Gasteiger partial charge in [-0.25, -0.2) is 13.2 Å². The highest BCUT2D eigenvalue weighted by molar-refractivity contribution is 5.20. The van der Waals surface area contributed by atoms with Crippen LogP contribution in [0.4, 0.5) is 43.9 Å². The fraction of sp³-hybridized carbons (Fsp3) is 0.667. The molecule has 0 radical (unpaired) electrons. The molecule has 0 heterocycles. The molecule has 0 aliphatic heterocycles. The van der Waals surface area contributed by atoms with E-state index in [1.54, 1.807) is 0 Å². The zero-order chi connectivity index (χ0) is 13.4. The van der Waals surface area contributed by atoms with E-state index < -0.39 is 36.3 Å². The Morgan fingerprint density at radius 3 is 1.31 bits per heavy atom. The number of halogens is 10. The number of alkyl halides is 8. The molecular weight excluding hydrogens is 262 g/mol. The minimum Gasteiger partial charge on any atom is -0.247 e. The van der Waals surface area contributed by atoms with E-state index in [0.717, 1.165) is 0 Å².